The second-order valence-electron chi connectivity index (χ2n) is 18.4. The molecule has 0 radical (unpaired) electrons. The quantitative estimate of drug-likeness (QED) is 0.151. The van der Waals surface area contributed by atoms with E-state index < -0.39 is 0 Å². The normalized spacial score (nSPS) is 11.8. The van der Waals surface area contributed by atoms with E-state index in [1.807, 2.05) is 0 Å². The summed E-state index contributed by atoms with van der Waals surface area (Å²) in [6, 6.07) is 94.7. The molecule has 0 aromatic heterocycles. The summed E-state index contributed by atoms with van der Waals surface area (Å²) in [6.07, 6.45) is 0. The smallest absolute Gasteiger partial charge is 0.00262 e. The SMILES string of the molecule is c1ccc2cc(-c3c4ccccc4c(-c4ccc5cc(-c6ccc7cc(-c8c9ccccc9c(-c9ccc%10ccccc%10c9)c9ccccc89)ccc7c6)ccc5c4)c4ccccc34)ccc2c1. The van der Waals surface area contributed by atoms with Gasteiger partial charge in [-0.05, 0) is 178 Å². The van der Waals surface area contributed by atoms with Crippen LogP contribution in [0.5, 0.6) is 0 Å². The van der Waals surface area contributed by atoms with Gasteiger partial charge in [0.25, 0.3) is 0 Å². The summed E-state index contributed by atoms with van der Waals surface area (Å²) in [6.45, 7) is 0. The van der Waals surface area contributed by atoms with Crippen LogP contribution in [0.15, 0.2) is 255 Å². The Morgan fingerprint density at radius 1 is 0.132 bits per heavy atom. The summed E-state index contributed by atoms with van der Waals surface area (Å²) in [5.41, 5.74) is 12.5. The monoisotopic (exact) mass is 858 g/mol. The van der Waals surface area contributed by atoms with Gasteiger partial charge < -0.3 is 0 Å². The number of fused-ring (bicyclic) bond motifs is 8. The van der Waals surface area contributed by atoms with Crippen LogP contribution in [0.4, 0.5) is 0 Å². The second-order valence-corrected chi connectivity index (χ2v) is 18.4. The van der Waals surface area contributed by atoms with Crippen LogP contribution < -0.4 is 0 Å². The van der Waals surface area contributed by atoms with Crippen LogP contribution in [0.1, 0.15) is 0 Å². The minimum Gasteiger partial charge on any atom is -0.0616 e. The highest BCUT2D eigenvalue weighted by Crippen LogP contribution is 2.47. The largest absolute Gasteiger partial charge is 0.0616 e. The van der Waals surface area contributed by atoms with Gasteiger partial charge >= 0.3 is 0 Å². The molecule has 0 spiro atoms. The molecule has 14 aromatic rings. The predicted octanol–water partition coefficient (Wildman–Crippen LogP) is 19.2. The molecule has 0 heteroatoms. The Kier molecular flexibility index (Phi) is 8.69. The van der Waals surface area contributed by atoms with Crippen LogP contribution in [0.2, 0.25) is 0 Å². The van der Waals surface area contributed by atoms with E-state index in [1.165, 1.54) is 142 Å². The Morgan fingerprint density at radius 3 is 0.574 bits per heavy atom. The fourth-order valence-corrected chi connectivity index (χ4v) is 11.4. The Balaban J connectivity index is 0.838. The molecule has 0 heterocycles. The lowest BCUT2D eigenvalue weighted by Crippen LogP contribution is -1.91. The average molecular weight is 859 g/mol. The molecule has 0 atom stereocenters. The van der Waals surface area contributed by atoms with Crippen molar-refractivity contribution >= 4 is 86.2 Å². The highest BCUT2D eigenvalue weighted by molar-refractivity contribution is 6.23. The zero-order valence-electron chi connectivity index (χ0n) is 37.2. The van der Waals surface area contributed by atoms with Gasteiger partial charge in [-0.15, -0.1) is 0 Å². The third-order valence-electron chi connectivity index (χ3n) is 14.5. The van der Waals surface area contributed by atoms with Crippen molar-refractivity contribution in [3.8, 4) is 55.6 Å². The van der Waals surface area contributed by atoms with Gasteiger partial charge in [0, 0.05) is 0 Å². The molecule has 0 saturated heterocycles. The molecule has 0 amide bonds. The second kappa shape index (κ2) is 15.4. The fraction of sp³-hybridized carbons (Fsp3) is 0. The first-order valence-corrected chi connectivity index (χ1v) is 23.6. The molecule has 14 rings (SSSR count). The number of benzene rings is 14. The van der Waals surface area contributed by atoms with E-state index in [4.69, 9.17) is 0 Å². The average Bonchev–Trinajstić information content (AvgIpc) is 3.40. The Bertz CT molecular complexity index is 3980. The maximum Gasteiger partial charge on any atom is -0.00262 e. The van der Waals surface area contributed by atoms with Gasteiger partial charge in [0.2, 0.25) is 0 Å². The van der Waals surface area contributed by atoms with Crippen LogP contribution in [0.3, 0.4) is 0 Å². The van der Waals surface area contributed by atoms with Gasteiger partial charge in [-0.1, -0.05) is 218 Å². The molecule has 0 bridgehead atoms. The lowest BCUT2D eigenvalue weighted by atomic mass is 9.85. The van der Waals surface area contributed by atoms with E-state index in [0.717, 1.165) is 0 Å². The van der Waals surface area contributed by atoms with E-state index in [9.17, 15) is 0 Å². The van der Waals surface area contributed by atoms with E-state index in [0.29, 0.717) is 0 Å². The molecule has 0 aliphatic carbocycles. The molecule has 68 heavy (non-hydrogen) atoms. The summed E-state index contributed by atoms with van der Waals surface area (Å²) in [5.74, 6) is 0. The topological polar surface area (TPSA) is 0 Å². The predicted molar refractivity (Wildman–Crippen MR) is 294 cm³/mol. The van der Waals surface area contributed by atoms with Gasteiger partial charge in [-0.25, -0.2) is 0 Å². The van der Waals surface area contributed by atoms with Crippen LogP contribution in [0.25, 0.3) is 142 Å². The lowest BCUT2D eigenvalue weighted by Gasteiger charge is -2.18. The molecule has 0 fully saturated rings. The maximum atomic E-state index is 2.38. The molecule has 0 nitrogen and oxygen atoms in total. The van der Waals surface area contributed by atoms with E-state index in [-0.39, 0.29) is 0 Å². The highest BCUT2D eigenvalue weighted by atomic mass is 14.2. The summed E-state index contributed by atoms with van der Waals surface area (Å²) in [5, 5.41) is 20.1. The van der Waals surface area contributed by atoms with Gasteiger partial charge in [0.1, 0.15) is 0 Å². The summed E-state index contributed by atoms with van der Waals surface area (Å²) in [4.78, 5) is 0. The van der Waals surface area contributed by atoms with Crippen molar-refractivity contribution in [3.05, 3.63) is 255 Å². The molecule has 0 aliphatic heterocycles. The van der Waals surface area contributed by atoms with Gasteiger partial charge in [0.05, 0.1) is 0 Å². The highest BCUT2D eigenvalue weighted by Gasteiger charge is 2.19. The van der Waals surface area contributed by atoms with Crippen LogP contribution in [-0.2, 0) is 0 Å². The third kappa shape index (κ3) is 6.15. The standard InChI is InChI=1S/C68H42/c1-3-15-45-39-53(33-25-43(45)13-1)65-57-17-5-9-21-61(57)67(62-22-10-6-18-58(62)65)55-35-31-49-37-47(27-29-51(49)41-55)48-28-30-52-42-56(36-32-50(52)38-48)68-63-23-11-7-19-59(63)66(60-20-8-12-24-64(60)68)54-34-26-44-14-2-4-16-46(44)40-54/h1-42H. The molecule has 314 valence electrons. The first-order valence-electron chi connectivity index (χ1n) is 23.6. The van der Waals surface area contributed by atoms with Crippen LogP contribution in [0, 0.1) is 0 Å². The fourth-order valence-electron chi connectivity index (χ4n) is 11.4. The van der Waals surface area contributed by atoms with E-state index >= 15 is 0 Å². The van der Waals surface area contributed by atoms with Crippen molar-refractivity contribution in [2.75, 3.05) is 0 Å². The Hall–Kier alpha value is -8.84. The number of rotatable bonds is 5. The van der Waals surface area contributed by atoms with E-state index in [1.54, 1.807) is 0 Å². The van der Waals surface area contributed by atoms with Crippen molar-refractivity contribution < 1.29 is 0 Å². The minimum atomic E-state index is 1.22. The van der Waals surface area contributed by atoms with E-state index in [2.05, 4.69) is 255 Å². The van der Waals surface area contributed by atoms with Gasteiger partial charge in [-0.3, -0.25) is 0 Å². The molecular weight excluding hydrogens is 817 g/mol. The zero-order chi connectivity index (χ0) is 44.7. The summed E-state index contributed by atoms with van der Waals surface area (Å²) < 4.78 is 0. The van der Waals surface area contributed by atoms with Gasteiger partial charge in [-0.2, -0.15) is 0 Å². The van der Waals surface area contributed by atoms with Crippen molar-refractivity contribution in [3.63, 3.8) is 0 Å². The van der Waals surface area contributed by atoms with Crippen molar-refractivity contribution in [1.29, 1.82) is 0 Å². The van der Waals surface area contributed by atoms with Crippen LogP contribution >= 0.6 is 0 Å². The lowest BCUT2D eigenvalue weighted by molar-refractivity contribution is 1.65. The molecular formula is C68H42. The van der Waals surface area contributed by atoms with Crippen LogP contribution in [-0.4, -0.2) is 0 Å². The summed E-state index contributed by atoms with van der Waals surface area (Å²) >= 11 is 0. The number of hydrogen-bond acceptors (Lipinski definition) is 0. The van der Waals surface area contributed by atoms with Crippen molar-refractivity contribution in [2.24, 2.45) is 0 Å². The first kappa shape index (κ1) is 38.4. The van der Waals surface area contributed by atoms with Crippen molar-refractivity contribution in [1.82, 2.24) is 0 Å². The minimum absolute atomic E-state index is 1.22. The molecule has 0 unspecified atom stereocenters. The number of hydrogen-bond donors (Lipinski definition) is 0. The Labute approximate surface area is 394 Å². The zero-order valence-corrected chi connectivity index (χ0v) is 37.2. The molecule has 0 saturated carbocycles. The third-order valence-corrected chi connectivity index (χ3v) is 14.5. The van der Waals surface area contributed by atoms with Gasteiger partial charge in [0.15, 0.2) is 0 Å². The molecule has 0 N–H and O–H groups in total. The van der Waals surface area contributed by atoms with Crippen molar-refractivity contribution in [2.45, 2.75) is 0 Å². The first-order chi connectivity index (χ1) is 33.7. The molecule has 14 aromatic carbocycles. The summed E-state index contributed by atoms with van der Waals surface area (Å²) in [7, 11) is 0. The maximum absolute atomic E-state index is 2.38. The molecule has 0 aliphatic rings. The Morgan fingerprint density at radius 2 is 0.309 bits per heavy atom.